The number of benzene rings is 1. The predicted molar refractivity (Wildman–Crippen MR) is 90.8 cm³/mol. The number of nitro groups is 1. The molecule has 0 radical (unpaired) electrons. The first-order chi connectivity index (χ1) is 12.7. The Morgan fingerprint density at radius 1 is 1.48 bits per heavy atom. The molecule has 146 valence electrons. The molecule has 0 unspecified atom stereocenters. The maximum atomic E-state index is 12.9. The van der Waals surface area contributed by atoms with Crippen LogP contribution in [-0.4, -0.2) is 39.7 Å². The second-order valence-corrected chi connectivity index (χ2v) is 5.47. The fourth-order valence-electron chi connectivity index (χ4n) is 2.03. The minimum absolute atomic E-state index is 0.0472. The molecule has 0 atom stereocenters. The second kappa shape index (κ2) is 8.16. The highest BCUT2D eigenvalue weighted by Gasteiger charge is 2.37. The zero-order valence-electron chi connectivity index (χ0n) is 14.1. The lowest BCUT2D eigenvalue weighted by atomic mass is 10.2. The molecule has 0 saturated carbocycles. The highest BCUT2D eigenvalue weighted by atomic mass is 32.1. The van der Waals surface area contributed by atoms with Crippen molar-refractivity contribution in [3.63, 3.8) is 0 Å². The third-order valence-corrected chi connectivity index (χ3v) is 3.42. The quantitative estimate of drug-likeness (QED) is 0.327. The summed E-state index contributed by atoms with van der Waals surface area (Å²) in [7, 11) is 1.28. The molecule has 0 bridgehead atoms. The molecule has 27 heavy (non-hydrogen) atoms. The van der Waals surface area contributed by atoms with Gasteiger partial charge in [-0.15, -0.1) is 5.10 Å². The number of aromatic amines is 1. The van der Waals surface area contributed by atoms with E-state index in [1.165, 1.54) is 13.2 Å². The number of nitro benzene ring substituents is 1. The molecule has 13 heteroatoms. The zero-order chi connectivity index (χ0) is 20.2. The van der Waals surface area contributed by atoms with Crippen LogP contribution in [0.1, 0.15) is 24.7 Å². The number of aromatic nitrogens is 3. The Bertz CT molecular complexity index is 922. The molecule has 0 aliphatic heterocycles. The number of nitrogens with one attached hydrogen (secondary N) is 1. The predicted octanol–water partition coefficient (Wildman–Crippen LogP) is 3.55. The molecule has 1 heterocycles. The molecule has 0 amide bonds. The summed E-state index contributed by atoms with van der Waals surface area (Å²) in [4.78, 5) is 10.6. The highest BCUT2D eigenvalue weighted by Crippen LogP contribution is 2.38. The molecule has 2 rings (SSSR count). The Morgan fingerprint density at radius 2 is 2.19 bits per heavy atom. The van der Waals surface area contributed by atoms with E-state index in [1.54, 1.807) is 0 Å². The molecular formula is C14H14F3N5O4S. The number of hydrogen-bond acceptors (Lipinski definition) is 7. The molecule has 9 nitrogen and oxygen atoms in total. The van der Waals surface area contributed by atoms with Crippen LogP contribution in [-0.2, 0) is 6.18 Å². The van der Waals surface area contributed by atoms with E-state index in [-0.39, 0.29) is 28.4 Å². The molecule has 1 N–H and O–H groups in total. The average Bonchev–Trinajstić information content (AvgIpc) is 2.98. The Hall–Kier alpha value is -2.96. The Kier molecular flexibility index (Phi) is 6.15. The fraction of sp³-hybridized carbons (Fsp3) is 0.357. The zero-order valence-corrected chi connectivity index (χ0v) is 14.9. The Balaban J connectivity index is 2.50. The van der Waals surface area contributed by atoms with Gasteiger partial charge in [-0.1, -0.05) is 6.92 Å². The van der Waals surface area contributed by atoms with Crippen molar-refractivity contribution in [1.29, 1.82) is 0 Å². The van der Waals surface area contributed by atoms with Gasteiger partial charge in [-0.3, -0.25) is 10.1 Å². The Morgan fingerprint density at radius 3 is 2.74 bits per heavy atom. The van der Waals surface area contributed by atoms with E-state index in [0.29, 0.717) is 11.1 Å². The van der Waals surface area contributed by atoms with Crippen molar-refractivity contribution in [2.24, 2.45) is 5.10 Å². The number of methoxy groups -OCH3 is 1. The number of nitrogens with zero attached hydrogens (tertiary/aromatic N) is 4. The van der Waals surface area contributed by atoms with Gasteiger partial charge in [-0.2, -0.15) is 22.9 Å². The summed E-state index contributed by atoms with van der Waals surface area (Å²) < 4.78 is 49.1. The summed E-state index contributed by atoms with van der Waals surface area (Å²) in [6.07, 6.45) is -3.20. The number of hydrogen-bond donors (Lipinski definition) is 1. The van der Waals surface area contributed by atoms with E-state index in [0.717, 1.165) is 12.3 Å². The molecule has 0 saturated heterocycles. The van der Waals surface area contributed by atoms with Crippen LogP contribution in [0.4, 0.5) is 18.9 Å². The number of rotatable bonds is 7. The van der Waals surface area contributed by atoms with Crippen LogP contribution in [0.5, 0.6) is 11.5 Å². The van der Waals surface area contributed by atoms with Crippen LogP contribution in [0.15, 0.2) is 17.2 Å². The topological polar surface area (TPSA) is 108 Å². The molecular weight excluding hydrogens is 391 g/mol. The van der Waals surface area contributed by atoms with Gasteiger partial charge in [-0.25, -0.2) is 5.10 Å². The average molecular weight is 405 g/mol. The first-order valence-corrected chi connectivity index (χ1v) is 7.88. The summed E-state index contributed by atoms with van der Waals surface area (Å²) in [5.74, 6) is -1.38. The monoisotopic (exact) mass is 405 g/mol. The minimum atomic E-state index is -4.79. The Labute approximate surface area is 155 Å². The van der Waals surface area contributed by atoms with Gasteiger partial charge in [0.2, 0.25) is 10.5 Å². The van der Waals surface area contributed by atoms with Crippen LogP contribution in [0.2, 0.25) is 0 Å². The SMILES string of the molecule is CCCOc1c(OC)cc(/C=N\n2c(C(F)(F)F)n[nH]c2=S)cc1[N+](=O)[O-]. The lowest BCUT2D eigenvalue weighted by molar-refractivity contribution is -0.386. The van der Waals surface area contributed by atoms with Crippen molar-refractivity contribution in [3.8, 4) is 11.5 Å². The number of halogens is 3. The van der Waals surface area contributed by atoms with Crippen LogP contribution in [0.3, 0.4) is 0 Å². The summed E-state index contributed by atoms with van der Waals surface area (Å²) in [5.41, 5.74) is -0.297. The van der Waals surface area contributed by atoms with Gasteiger partial charge >= 0.3 is 11.9 Å². The van der Waals surface area contributed by atoms with E-state index in [2.05, 4.69) is 10.2 Å². The molecule has 1 aromatic carbocycles. The summed E-state index contributed by atoms with van der Waals surface area (Å²) in [6, 6.07) is 2.45. The number of H-pyrrole nitrogens is 1. The van der Waals surface area contributed by atoms with Crippen LogP contribution >= 0.6 is 12.2 Å². The minimum Gasteiger partial charge on any atom is -0.493 e. The van der Waals surface area contributed by atoms with E-state index in [1.807, 2.05) is 12.0 Å². The summed E-state index contributed by atoms with van der Waals surface area (Å²) >= 11 is 4.72. The maximum Gasteiger partial charge on any atom is 0.453 e. The molecule has 1 aromatic heterocycles. The lowest BCUT2D eigenvalue weighted by Gasteiger charge is -2.11. The van der Waals surface area contributed by atoms with E-state index in [4.69, 9.17) is 21.7 Å². The third kappa shape index (κ3) is 4.61. The molecule has 0 aliphatic rings. The van der Waals surface area contributed by atoms with Crippen LogP contribution in [0, 0.1) is 14.9 Å². The van der Waals surface area contributed by atoms with Crippen LogP contribution < -0.4 is 9.47 Å². The fourth-order valence-corrected chi connectivity index (χ4v) is 2.21. The number of alkyl halides is 3. The van der Waals surface area contributed by atoms with Gasteiger partial charge in [0.25, 0.3) is 5.82 Å². The first-order valence-electron chi connectivity index (χ1n) is 7.47. The molecule has 0 fully saturated rings. The van der Waals surface area contributed by atoms with E-state index >= 15 is 0 Å². The smallest absolute Gasteiger partial charge is 0.453 e. The maximum absolute atomic E-state index is 12.9. The normalized spacial score (nSPS) is 11.7. The van der Waals surface area contributed by atoms with Crippen molar-refractivity contribution < 1.29 is 27.6 Å². The summed E-state index contributed by atoms with van der Waals surface area (Å²) in [6.45, 7) is 2.05. The first kappa shape index (κ1) is 20.4. The van der Waals surface area contributed by atoms with E-state index < -0.39 is 22.6 Å². The summed E-state index contributed by atoms with van der Waals surface area (Å²) in [5, 5.41) is 20.0. The third-order valence-electron chi connectivity index (χ3n) is 3.15. The molecule has 0 aliphatic carbocycles. The van der Waals surface area contributed by atoms with Gasteiger partial charge in [0, 0.05) is 11.6 Å². The van der Waals surface area contributed by atoms with Crippen molar-refractivity contribution >= 4 is 24.1 Å². The van der Waals surface area contributed by atoms with Crippen LogP contribution in [0.25, 0.3) is 0 Å². The number of ether oxygens (including phenoxy) is 2. The van der Waals surface area contributed by atoms with E-state index in [9.17, 15) is 23.3 Å². The highest BCUT2D eigenvalue weighted by molar-refractivity contribution is 7.71. The van der Waals surface area contributed by atoms with Gasteiger partial charge in [0.1, 0.15) is 0 Å². The van der Waals surface area contributed by atoms with Crippen molar-refractivity contribution in [2.75, 3.05) is 13.7 Å². The molecule has 2 aromatic rings. The van der Waals surface area contributed by atoms with Crippen molar-refractivity contribution in [1.82, 2.24) is 14.9 Å². The van der Waals surface area contributed by atoms with Crippen molar-refractivity contribution in [3.05, 3.63) is 38.4 Å². The van der Waals surface area contributed by atoms with Gasteiger partial charge in [-0.05, 0) is 24.7 Å². The van der Waals surface area contributed by atoms with Gasteiger partial charge in [0.15, 0.2) is 5.75 Å². The van der Waals surface area contributed by atoms with Gasteiger partial charge < -0.3 is 9.47 Å². The molecule has 0 spiro atoms. The van der Waals surface area contributed by atoms with Gasteiger partial charge in [0.05, 0.1) is 24.9 Å². The standard InChI is InChI=1S/C14H14F3N5O4S/c1-3-4-26-11-9(22(23)24)5-8(6-10(11)25-2)7-18-21-12(14(15,16)17)19-20-13(21)27/h5-7H,3-4H2,1-2H3,(H,20,27)/b18-7-. The second-order valence-electron chi connectivity index (χ2n) is 5.08. The van der Waals surface area contributed by atoms with Crippen molar-refractivity contribution in [2.45, 2.75) is 19.5 Å². The lowest BCUT2D eigenvalue weighted by Crippen LogP contribution is -2.12. The largest absolute Gasteiger partial charge is 0.493 e.